The van der Waals surface area contributed by atoms with Gasteiger partial charge in [0.05, 0.1) is 0 Å². The molecule has 0 aliphatic heterocycles. The number of amides is 2. The average Bonchev–Trinajstić information content (AvgIpc) is 2.55. The summed E-state index contributed by atoms with van der Waals surface area (Å²) in [6.45, 7) is 2.82. The number of halogens is 4. The first-order chi connectivity index (χ1) is 13.2. The van der Waals surface area contributed by atoms with Crippen LogP contribution in [-0.2, 0) is 23.8 Å². The van der Waals surface area contributed by atoms with Gasteiger partial charge >= 0.3 is 47.2 Å². The summed E-state index contributed by atoms with van der Waals surface area (Å²) in [5, 5.41) is -0.198. The number of nitrogens with zero attached hydrogens (tertiary/aromatic N) is 2. The summed E-state index contributed by atoms with van der Waals surface area (Å²) >= 11 is 18.9. The Hall–Kier alpha value is 0.650. The number of ether oxygens (including phenoxy) is 3. The van der Waals surface area contributed by atoms with Gasteiger partial charge in [0, 0.05) is 53.6 Å². The van der Waals surface area contributed by atoms with E-state index in [-0.39, 0.29) is 81.8 Å². The zero-order chi connectivity index (χ0) is 24.0. The zero-order valence-corrected chi connectivity index (χ0v) is 26.3. The van der Waals surface area contributed by atoms with Crippen molar-refractivity contribution in [3.05, 3.63) is 0 Å². The minimum absolute atomic E-state index is 0. The van der Waals surface area contributed by atoms with Crippen LogP contribution in [0.15, 0.2) is 0 Å². The second-order valence-electron chi connectivity index (χ2n) is 4.48. The molecule has 0 bridgehead atoms. The molecule has 0 aromatic carbocycles. The topological polar surface area (TPSA) is 120 Å². The van der Waals surface area contributed by atoms with Gasteiger partial charge < -0.3 is 48.0 Å². The number of thiol groups is 1. The molecule has 0 saturated heterocycles. The number of hydrogen-bond acceptors (Lipinski definition) is 9. The molecule has 0 saturated carbocycles. The summed E-state index contributed by atoms with van der Waals surface area (Å²) in [6, 6.07) is -0.265. The predicted octanol–water partition coefficient (Wildman–Crippen LogP) is -2.17. The van der Waals surface area contributed by atoms with Gasteiger partial charge in [-0.3, -0.25) is 9.59 Å². The van der Waals surface area contributed by atoms with E-state index in [2.05, 4.69) is 38.4 Å². The normalized spacial score (nSPS) is 7.68. The summed E-state index contributed by atoms with van der Waals surface area (Å²) in [5.74, 6) is 0.0896. The van der Waals surface area contributed by atoms with Crippen molar-refractivity contribution < 1.29 is 91.7 Å². The van der Waals surface area contributed by atoms with E-state index in [1.54, 1.807) is 28.2 Å². The van der Waals surface area contributed by atoms with E-state index >= 15 is 0 Å². The maximum Gasteiger partial charge on any atom is 1.00 e. The monoisotopic (exact) mass is 668 g/mol. The summed E-state index contributed by atoms with van der Waals surface area (Å²) in [7, 11) is 6.35. The molecule has 0 N–H and O–H groups in total. The van der Waals surface area contributed by atoms with Crippen LogP contribution >= 0.6 is 59.2 Å². The third kappa shape index (κ3) is 59.0. The minimum atomic E-state index is -0.870. The fraction of sp³-hybridized carbons (Fsp3) is 0.643. The minimum Gasteiger partial charge on any atom is -1.00 e. The third-order valence-electron chi connectivity index (χ3n) is 1.52. The second kappa shape index (κ2) is 32.8. The van der Waals surface area contributed by atoms with Gasteiger partial charge in [0.15, 0.2) is 22.4 Å². The fourth-order valence-corrected chi connectivity index (χ4v) is 1.14. The molecule has 0 spiro atoms. The summed E-state index contributed by atoms with van der Waals surface area (Å²) in [6.07, 6.45) is -0.848. The second-order valence-corrected chi connectivity index (χ2v) is 6.96. The van der Waals surface area contributed by atoms with E-state index in [0.29, 0.717) is 0 Å². The smallest absolute Gasteiger partial charge is 1.00 e. The molecule has 0 rings (SSSR count). The number of carbonyl (C=O) groups excluding carboxylic acids is 5. The molecule has 0 fully saturated rings. The number of alkyl halides is 2. The molecule has 0 aromatic rings. The Labute approximate surface area is 246 Å². The Morgan fingerprint density at radius 3 is 1.32 bits per heavy atom. The van der Waals surface area contributed by atoms with Crippen molar-refractivity contribution in [3.8, 4) is 0 Å². The van der Waals surface area contributed by atoms with Crippen molar-refractivity contribution in [2.24, 2.45) is 0 Å². The summed E-state index contributed by atoms with van der Waals surface area (Å²) in [4.78, 5) is 52.8. The van der Waals surface area contributed by atoms with E-state index in [4.69, 9.17) is 23.2 Å². The van der Waals surface area contributed by atoms with Crippen LogP contribution in [0.2, 0.25) is 0 Å². The molecule has 0 radical (unpaired) electrons. The van der Waals surface area contributed by atoms with Crippen molar-refractivity contribution in [3.63, 3.8) is 0 Å². The molecule has 0 aliphatic carbocycles. The summed E-state index contributed by atoms with van der Waals surface area (Å²) < 4.78 is 12.9. The van der Waals surface area contributed by atoms with Crippen molar-refractivity contribution in [2.75, 3.05) is 46.3 Å². The van der Waals surface area contributed by atoms with Crippen molar-refractivity contribution in [2.45, 2.75) is 13.8 Å². The quantitative estimate of drug-likeness (QED) is 0.0679. The molecule has 31 heavy (non-hydrogen) atoms. The van der Waals surface area contributed by atoms with Crippen molar-refractivity contribution >= 4 is 87.0 Å². The Bertz CT molecular complexity index is 506. The Morgan fingerprint density at radius 2 is 1.16 bits per heavy atom. The number of rotatable bonds is 4. The first kappa shape index (κ1) is 45.2. The summed E-state index contributed by atoms with van der Waals surface area (Å²) in [5.41, 5.74) is -0.870. The van der Waals surface area contributed by atoms with Gasteiger partial charge in [0.1, 0.15) is 5.94 Å². The van der Waals surface area contributed by atoms with Crippen LogP contribution in [0, 0.1) is 0 Å². The maximum absolute atomic E-state index is 10.7. The van der Waals surface area contributed by atoms with Gasteiger partial charge in [-0.15, -0.1) is 12.6 Å². The zero-order valence-electron chi connectivity index (χ0n) is 18.1. The van der Waals surface area contributed by atoms with Gasteiger partial charge in [-0.2, -0.15) is 0 Å². The van der Waals surface area contributed by atoms with E-state index in [1.165, 1.54) is 23.6 Å². The molecule has 2 amide bonds. The molecule has 0 aliphatic rings. The van der Waals surface area contributed by atoms with Gasteiger partial charge in [0.2, 0.25) is 0 Å². The van der Waals surface area contributed by atoms with Crippen molar-refractivity contribution in [1.82, 2.24) is 9.80 Å². The van der Waals surface area contributed by atoms with Gasteiger partial charge in [-0.05, 0) is 11.8 Å². The first-order valence-electron chi connectivity index (χ1n) is 7.17. The van der Waals surface area contributed by atoms with E-state index < -0.39 is 17.6 Å². The molecule has 180 valence electrons. The third-order valence-corrected chi connectivity index (χ3v) is 2.49. The van der Waals surface area contributed by atoms with Gasteiger partial charge in [-0.1, -0.05) is 23.2 Å². The maximum atomic E-state index is 10.7. The fourth-order valence-electron chi connectivity index (χ4n) is 0.511. The number of hydrogen-bond donors (Lipinski definition) is 1. The SMILES string of the molecule is CC(=O)S.CC(=O)SCOC(=O)N(C)C.CN(C)C(=O)OCCl.O=C(Cl)OCCl.[I-].[Na+]. The molecule has 0 heterocycles. The van der Waals surface area contributed by atoms with E-state index in [0.717, 1.165) is 11.8 Å². The van der Waals surface area contributed by atoms with Gasteiger partial charge in [0.25, 0.3) is 0 Å². The van der Waals surface area contributed by atoms with Gasteiger partial charge in [-0.25, -0.2) is 14.4 Å². The molecular weight excluding hydrogens is 645 g/mol. The van der Waals surface area contributed by atoms with Crippen LogP contribution in [-0.4, -0.2) is 83.9 Å². The Kier molecular flexibility index (Phi) is 47.9. The molecule has 0 atom stereocenters. The molecular formula is C14H25Cl3IN2NaO8S2. The van der Waals surface area contributed by atoms with Crippen LogP contribution < -0.4 is 53.5 Å². The first-order valence-corrected chi connectivity index (χ1v) is 10.1. The number of carbonyl (C=O) groups is 5. The Morgan fingerprint density at radius 1 is 0.839 bits per heavy atom. The van der Waals surface area contributed by atoms with E-state index in [1.807, 2.05) is 0 Å². The van der Waals surface area contributed by atoms with Crippen LogP contribution in [0.5, 0.6) is 0 Å². The van der Waals surface area contributed by atoms with Crippen LogP contribution in [0.25, 0.3) is 0 Å². The Balaban J connectivity index is -0.0000000697. The molecule has 0 unspecified atom stereocenters. The van der Waals surface area contributed by atoms with Crippen LogP contribution in [0.1, 0.15) is 13.8 Å². The molecule has 0 aromatic heterocycles. The molecule has 10 nitrogen and oxygen atoms in total. The van der Waals surface area contributed by atoms with Crippen molar-refractivity contribution in [1.29, 1.82) is 0 Å². The van der Waals surface area contributed by atoms with E-state index in [9.17, 15) is 24.0 Å². The average molecular weight is 670 g/mol. The predicted molar refractivity (Wildman–Crippen MR) is 117 cm³/mol. The number of thioether (sulfide) groups is 1. The molecule has 17 heteroatoms. The van der Waals surface area contributed by atoms with Crippen LogP contribution in [0.3, 0.4) is 0 Å². The van der Waals surface area contributed by atoms with Crippen LogP contribution in [0.4, 0.5) is 14.4 Å². The largest absolute Gasteiger partial charge is 1.00 e. The standard InChI is InChI=1S/C6H11NO3S.C4H8ClNO2.C2H2Cl2O2.C2H4OS.HI.Na/c1-5(8)11-4-10-6(9)7(2)3;1-6(2)4(7)8-3-5;3-1-6-2(4)5;1-2(3)4;;/h4H2,1-3H3;3H2,1-2H3;1H2;1H3,(H,3,4);1H;/q;;;;;+1/p-1.